The second-order valence-corrected chi connectivity index (χ2v) is 19.0. The fraction of sp³-hybridized carbons (Fsp3) is 0.714. The number of ether oxygens (including phenoxy) is 1. The van der Waals surface area contributed by atoms with Gasteiger partial charge in [-0.2, -0.15) is 0 Å². The zero-order valence-electron chi connectivity index (χ0n) is 14.9. The van der Waals surface area contributed by atoms with Crippen LogP contribution in [-0.2, 0) is 14.0 Å². The second-order valence-electron chi connectivity index (χ2n) is 7.89. The Balaban J connectivity index is 2.15. The molecule has 10 heteroatoms. The minimum Gasteiger partial charge on any atom is -0.489 e. The average molecular weight is 501 g/mol. The summed E-state index contributed by atoms with van der Waals surface area (Å²) in [5.74, 6) is 1.12. The van der Waals surface area contributed by atoms with Gasteiger partial charge in [-0.15, -0.1) is 11.8 Å². The standard InChI is InChI=1S/C14H25IN2O4SSi2/c1-23(2,3)16-10-11(18)17-12(9(7-15)8-22-13(10)17)20-14(19)21-24(4,5)6/h10,13,16H,7-8H2,1-6H3/t10?,13-/m0/s1. The Morgan fingerprint density at radius 1 is 1.33 bits per heavy atom. The number of fused-ring (bicyclic) bond motifs is 1. The summed E-state index contributed by atoms with van der Waals surface area (Å²) in [6.07, 6.45) is -0.702. The normalized spacial score (nSPS) is 24.5. The molecule has 0 aliphatic carbocycles. The maximum Gasteiger partial charge on any atom is 0.501 e. The molecule has 0 aromatic heterocycles. The van der Waals surface area contributed by atoms with Gasteiger partial charge in [-0.05, 0) is 19.6 Å². The molecule has 0 spiro atoms. The lowest BCUT2D eigenvalue weighted by atomic mass is 10.1. The molecule has 2 rings (SSSR count). The number of amides is 1. The zero-order valence-corrected chi connectivity index (χ0v) is 19.9. The molecule has 2 heterocycles. The van der Waals surface area contributed by atoms with Gasteiger partial charge < -0.3 is 14.1 Å². The lowest BCUT2D eigenvalue weighted by Gasteiger charge is -2.51. The summed E-state index contributed by atoms with van der Waals surface area (Å²) >= 11 is 3.95. The Hall–Kier alpha value is -0.0462. The predicted molar refractivity (Wildman–Crippen MR) is 110 cm³/mol. The zero-order chi connectivity index (χ0) is 18.3. The molecule has 2 atom stereocenters. The fourth-order valence-electron chi connectivity index (χ4n) is 2.44. The van der Waals surface area contributed by atoms with Crippen molar-refractivity contribution < 1.29 is 18.8 Å². The van der Waals surface area contributed by atoms with Crippen LogP contribution >= 0.6 is 34.4 Å². The topological polar surface area (TPSA) is 67.9 Å². The van der Waals surface area contributed by atoms with Gasteiger partial charge >= 0.3 is 6.16 Å². The molecule has 0 aromatic carbocycles. The molecule has 1 unspecified atom stereocenters. The van der Waals surface area contributed by atoms with E-state index in [2.05, 4.69) is 47.2 Å². The summed E-state index contributed by atoms with van der Waals surface area (Å²) in [6.45, 7) is 12.3. The molecule has 1 saturated heterocycles. The molecule has 6 nitrogen and oxygen atoms in total. The number of nitrogens with one attached hydrogen (secondary N) is 1. The van der Waals surface area contributed by atoms with E-state index in [4.69, 9.17) is 9.16 Å². The van der Waals surface area contributed by atoms with Crippen molar-refractivity contribution in [2.45, 2.75) is 50.7 Å². The summed E-state index contributed by atoms with van der Waals surface area (Å²) < 4.78 is 11.6. The molecular weight excluding hydrogens is 475 g/mol. The Kier molecular flexibility index (Phi) is 6.16. The van der Waals surface area contributed by atoms with Gasteiger partial charge in [-0.3, -0.25) is 9.69 Å². The Labute approximate surface area is 163 Å². The third kappa shape index (κ3) is 4.77. The molecule has 24 heavy (non-hydrogen) atoms. The van der Waals surface area contributed by atoms with E-state index in [-0.39, 0.29) is 17.3 Å². The number of thioether (sulfide) groups is 1. The summed E-state index contributed by atoms with van der Waals surface area (Å²) in [7, 11) is -3.61. The number of carbonyl (C=O) groups is 2. The van der Waals surface area contributed by atoms with Crippen molar-refractivity contribution in [3.63, 3.8) is 0 Å². The van der Waals surface area contributed by atoms with E-state index >= 15 is 0 Å². The molecule has 136 valence electrons. The van der Waals surface area contributed by atoms with Crippen LogP contribution in [0.25, 0.3) is 0 Å². The van der Waals surface area contributed by atoms with Crippen LogP contribution in [-0.4, -0.2) is 55.1 Å². The van der Waals surface area contributed by atoms with Crippen molar-refractivity contribution in [3.05, 3.63) is 11.5 Å². The summed E-state index contributed by atoms with van der Waals surface area (Å²) in [6, 6.07) is -0.191. The van der Waals surface area contributed by atoms with Crippen molar-refractivity contribution in [2.24, 2.45) is 0 Å². The van der Waals surface area contributed by atoms with Crippen LogP contribution in [0.1, 0.15) is 0 Å². The summed E-state index contributed by atoms with van der Waals surface area (Å²) in [5, 5.41) is -0.00870. The van der Waals surface area contributed by atoms with Gasteiger partial charge in [0.1, 0.15) is 19.7 Å². The largest absolute Gasteiger partial charge is 0.501 e. The monoisotopic (exact) mass is 500 g/mol. The minimum atomic E-state index is -2.03. The van der Waals surface area contributed by atoms with Crippen molar-refractivity contribution in [3.8, 4) is 0 Å². The van der Waals surface area contributed by atoms with Gasteiger partial charge in [0.25, 0.3) is 8.32 Å². The quantitative estimate of drug-likeness (QED) is 0.205. The molecule has 1 N–H and O–H groups in total. The highest BCUT2D eigenvalue weighted by Gasteiger charge is 2.54. The minimum absolute atomic E-state index is 0.00870. The predicted octanol–water partition coefficient (Wildman–Crippen LogP) is 3.33. The maximum absolute atomic E-state index is 12.6. The number of halogens is 1. The maximum atomic E-state index is 12.6. The lowest BCUT2D eigenvalue weighted by Crippen LogP contribution is -2.72. The number of hydrogen-bond donors (Lipinski definition) is 1. The van der Waals surface area contributed by atoms with Crippen LogP contribution in [0.4, 0.5) is 4.79 Å². The second kappa shape index (κ2) is 7.29. The first-order valence-electron chi connectivity index (χ1n) is 7.84. The Morgan fingerprint density at radius 2 is 1.96 bits per heavy atom. The van der Waals surface area contributed by atoms with E-state index in [0.29, 0.717) is 10.3 Å². The molecular formula is C14H25IN2O4SSi2. The number of nitrogens with zero attached hydrogens (tertiary/aromatic N) is 1. The molecule has 0 saturated carbocycles. The summed E-state index contributed by atoms with van der Waals surface area (Å²) in [4.78, 5) is 29.8. The van der Waals surface area contributed by atoms with Crippen molar-refractivity contribution in [1.82, 2.24) is 9.88 Å². The number of rotatable bonds is 5. The molecule has 0 aromatic rings. The van der Waals surface area contributed by atoms with E-state index in [0.717, 1.165) is 11.3 Å². The first-order valence-corrected chi connectivity index (χ1v) is 17.3. The number of β-lactam (4-membered cyclic amide) rings is 1. The summed E-state index contributed by atoms with van der Waals surface area (Å²) in [5.41, 5.74) is 0.962. The number of alkyl halides is 1. The molecule has 2 aliphatic heterocycles. The highest BCUT2D eigenvalue weighted by molar-refractivity contribution is 14.1. The molecule has 2 aliphatic rings. The Bertz CT molecular complexity index is 574. The first kappa shape index (κ1) is 20.3. The number of hydrogen-bond acceptors (Lipinski definition) is 6. The van der Waals surface area contributed by atoms with Gasteiger partial charge in [0.05, 0.1) is 0 Å². The molecule has 0 radical (unpaired) electrons. The molecule has 1 amide bonds. The van der Waals surface area contributed by atoms with Gasteiger partial charge in [0.2, 0.25) is 11.8 Å². The van der Waals surface area contributed by atoms with E-state index in [9.17, 15) is 9.59 Å². The van der Waals surface area contributed by atoms with Gasteiger partial charge in [-0.25, -0.2) is 4.79 Å². The van der Waals surface area contributed by atoms with Crippen molar-refractivity contribution in [2.75, 3.05) is 10.2 Å². The van der Waals surface area contributed by atoms with Crippen LogP contribution < -0.4 is 4.98 Å². The smallest absolute Gasteiger partial charge is 0.489 e. The lowest BCUT2D eigenvalue weighted by molar-refractivity contribution is -0.145. The molecule has 1 fully saturated rings. The third-order valence-electron chi connectivity index (χ3n) is 3.31. The first-order chi connectivity index (χ1) is 10.9. The molecule has 0 bridgehead atoms. The van der Waals surface area contributed by atoms with E-state index in [1.807, 2.05) is 19.6 Å². The van der Waals surface area contributed by atoms with E-state index in [1.54, 1.807) is 16.7 Å². The van der Waals surface area contributed by atoms with Crippen LogP contribution in [0.3, 0.4) is 0 Å². The van der Waals surface area contributed by atoms with Crippen molar-refractivity contribution in [1.29, 1.82) is 0 Å². The van der Waals surface area contributed by atoms with Gasteiger partial charge in [0.15, 0.2) is 0 Å². The van der Waals surface area contributed by atoms with E-state index in [1.165, 1.54) is 0 Å². The number of carbonyl (C=O) groups excluding carboxylic acids is 2. The van der Waals surface area contributed by atoms with Crippen LogP contribution in [0.5, 0.6) is 0 Å². The SMILES string of the molecule is C[Si](C)(C)NC1C(=O)N2C(OC(=O)O[Si](C)(C)C)=C(CI)CS[C@@H]12. The average Bonchev–Trinajstić information content (AvgIpc) is 2.41. The van der Waals surface area contributed by atoms with Gasteiger partial charge in [0, 0.05) is 15.8 Å². The third-order valence-corrected chi connectivity index (χ3v) is 7.53. The van der Waals surface area contributed by atoms with Gasteiger partial charge in [-0.1, -0.05) is 42.2 Å². The highest BCUT2D eigenvalue weighted by atomic mass is 127. The fourth-order valence-corrected chi connectivity index (χ4v) is 6.60. The van der Waals surface area contributed by atoms with Crippen LogP contribution in [0.2, 0.25) is 39.3 Å². The van der Waals surface area contributed by atoms with Crippen LogP contribution in [0, 0.1) is 0 Å². The van der Waals surface area contributed by atoms with E-state index < -0.39 is 22.7 Å². The van der Waals surface area contributed by atoms with Crippen molar-refractivity contribution >= 4 is 63.0 Å². The Morgan fingerprint density at radius 3 is 2.46 bits per heavy atom. The van der Waals surface area contributed by atoms with Crippen LogP contribution in [0.15, 0.2) is 11.5 Å². The highest BCUT2D eigenvalue weighted by Crippen LogP contribution is 2.41.